The molecule has 3 rings (SSSR count). The third-order valence-corrected chi connectivity index (χ3v) is 7.53. The van der Waals surface area contributed by atoms with Crippen LogP contribution in [-0.2, 0) is 14.8 Å². The first-order valence-electron chi connectivity index (χ1n) is 11.0. The maximum absolute atomic E-state index is 13.3. The number of amides is 1. The van der Waals surface area contributed by atoms with Crippen LogP contribution >= 0.6 is 23.2 Å². The largest absolute Gasteiger partial charge is 0.372 e. The van der Waals surface area contributed by atoms with E-state index in [4.69, 9.17) is 23.2 Å². The van der Waals surface area contributed by atoms with E-state index in [1.165, 1.54) is 36.5 Å². The van der Waals surface area contributed by atoms with E-state index >= 15 is 0 Å². The van der Waals surface area contributed by atoms with Gasteiger partial charge in [-0.25, -0.2) is 13.8 Å². The number of hydrogen-bond acceptors (Lipinski definition) is 5. The molecule has 0 heterocycles. The first-order chi connectivity index (χ1) is 16.8. The molecule has 0 saturated heterocycles. The van der Waals surface area contributed by atoms with E-state index in [9.17, 15) is 13.2 Å². The molecule has 0 radical (unpaired) electrons. The molecule has 0 unspecified atom stereocenters. The molecule has 0 spiro atoms. The van der Waals surface area contributed by atoms with Crippen molar-refractivity contribution in [2.45, 2.75) is 18.7 Å². The Balaban J connectivity index is 1.78. The van der Waals surface area contributed by atoms with Gasteiger partial charge in [0.1, 0.15) is 6.54 Å². The standard InChI is InChI=1S/C25H26Cl2N4O3S/c1-3-30(4-2)21-13-10-19(11-14-21)17-28-29-25(32)18-31(24-15-12-20(26)16-23(24)27)35(33,34)22-8-6-5-7-9-22/h5-17H,3-4,18H2,1-2H3,(H,29,32)/b28-17-. The minimum Gasteiger partial charge on any atom is -0.372 e. The topological polar surface area (TPSA) is 82.1 Å². The van der Waals surface area contributed by atoms with Gasteiger partial charge in [-0.15, -0.1) is 0 Å². The minimum atomic E-state index is -4.09. The lowest BCUT2D eigenvalue weighted by Gasteiger charge is -2.24. The summed E-state index contributed by atoms with van der Waals surface area (Å²) >= 11 is 12.3. The number of halogens is 2. The SMILES string of the molecule is CCN(CC)c1ccc(/C=N\NC(=O)CN(c2ccc(Cl)cc2Cl)S(=O)(=O)c2ccccc2)cc1. The number of nitrogens with one attached hydrogen (secondary N) is 1. The van der Waals surface area contributed by atoms with E-state index in [-0.39, 0.29) is 15.6 Å². The Morgan fingerprint density at radius 2 is 1.63 bits per heavy atom. The summed E-state index contributed by atoms with van der Waals surface area (Å²) in [7, 11) is -4.09. The number of carbonyl (C=O) groups excluding carboxylic acids is 1. The van der Waals surface area contributed by atoms with Gasteiger partial charge in [0.05, 0.1) is 21.8 Å². The molecular weight excluding hydrogens is 507 g/mol. The second-order valence-corrected chi connectivity index (χ2v) is 10.2. The Morgan fingerprint density at radius 3 is 2.23 bits per heavy atom. The lowest BCUT2D eigenvalue weighted by atomic mass is 10.2. The highest BCUT2D eigenvalue weighted by Crippen LogP contribution is 2.32. The van der Waals surface area contributed by atoms with Crippen LogP contribution in [0.4, 0.5) is 11.4 Å². The fourth-order valence-corrected chi connectivity index (χ4v) is 5.43. The van der Waals surface area contributed by atoms with E-state index in [1.54, 1.807) is 18.2 Å². The maximum atomic E-state index is 13.3. The molecule has 1 N–H and O–H groups in total. The Labute approximate surface area is 216 Å². The molecule has 3 aromatic rings. The Bertz CT molecular complexity index is 1280. The summed E-state index contributed by atoms with van der Waals surface area (Å²) in [4.78, 5) is 14.9. The molecule has 1 amide bonds. The summed E-state index contributed by atoms with van der Waals surface area (Å²) < 4.78 is 27.6. The predicted octanol–water partition coefficient (Wildman–Crippen LogP) is 5.19. The highest BCUT2D eigenvalue weighted by atomic mass is 35.5. The smallest absolute Gasteiger partial charge is 0.264 e. The zero-order chi connectivity index (χ0) is 25.4. The van der Waals surface area contributed by atoms with Crippen molar-refractivity contribution in [3.63, 3.8) is 0 Å². The molecule has 0 atom stereocenters. The summed E-state index contributed by atoms with van der Waals surface area (Å²) in [6.07, 6.45) is 1.50. The monoisotopic (exact) mass is 532 g/mol. The van der Waals surface area contributed by atoms with E-state index in [0.29, 0.717) is 5.02 Å². The third-order valence-electron chi connectivity index (χ3n) is 5.22. The van der Waals surface area contributed by atoms with Crippen molar-refractivity contribution in [3.05, 3.63) is 88.4 Å². The molecule has 10 heteroatoms. The van der Waals surface area contributed by atoms with Crippen LogP contribution in [0.3, 0.4) is 0 Å². The van der Waals surface area contributed by atoms with Gasteiger partial charge < -0.3 is 4.90 Å². The van der Waals surface area contributed by atoms with Gasteiger partial charge in [-0.05, 0) is 61.9 Å². The molecule has 7 nitrogen and oxygen atoms in total. The number of benzene rings is 3. The molecule has 0 aromatic heterocycles. The van der Waals surface area contributed by atoms with E-state index < -0.39 is 22.5 Å². The minimum absolute atomic E-state index is 0.0237. The van der Waals surface area contributed by atoms with Crippen molar-refractivity contribution in [3.8, 4) is 0 Å². The fourth-order valence-electron chi connectivity index (χ4n) is 3.41. The number of carbonyl (C=O) groups is 1. The summed E-state index contributed by atoms with van der Waals surface area (Å²) in [5.41, 5.74) is 4.40. The highest BCUT2D eigenvalue weighted by molar-refractivity contribution is 7.92. The molecule has 0 bridgehead atoms. The van der Waals surface area contributed by atoms with Gasteiger partial charge in [0.2, 0.25) is 0 Å². The molecule has 0 aliphatic rings. The molecular formula is C25H26Cl2N4O3S. The summed E-state index contributed by atoms with van der Waals surface area (Å²) in [5.74, 6) is -0.633. The quantitative estimate of drug-likeness (QED) is 0.288. The zero-order valence-corrected chi connectivity index (χ0v) is 21.7. The lowest BCUT2D eigenvalue weighted by Crippen LogP contribution is -2.39. The second-order valence-electron chi connectivity index (χ2n) is 7.48. The van der Waals surface area contributed by atoms with Gasteiger partial charge in [0.15, 0.2) is 0 Å². The van der Waals surface area contributed by atoms with Crippen LogP contribution in [0.25, 0.3) is 0 Å². The van der Waals surface area contributed by atoms with Crippen molar-refractivity contribution in [1.29, 1.82) is 0 Å². The Hall–Kier alpha value is -3.07. The highest BCUT2D eigenvalue weighted by Gasteiger charge is 2.28. The van der Waals surface area contributed by atoms with Gasteiger partial charge >= 0.3 is 0 Å². The van der Waals surface area contributed by atoms with E-state index in [0.717, 1.165) is 28.6 Å². The third kappa shape index (κ3) is 6.75. The second kappa shape index (κ2) is 12.1. The normalized spacial score (nSPS) is 11.4. The van der Waals surface area contributed by atoms with Gasteiger partial charge in [-0.1, -0.05) is 53.5 Å². The number of nitrogens with zero attached hydrogens (tertiary/aromatic N) is 3. The van der Waals surface area contributed by atoms with Crippen LogP contribution < -0.4 is 14.6 Å². The number of hydrogen-bond donors (Lipinski definition) is 1. The van der Waals surface area contributed by atoms with Crippen molar-refractivity contribution < 1.29 is 13.2 Å². The number of anilines is 2. The number of rotatable bonds is 10. The van der Waals surface area contributed by atoms with Crippen molar-refractivity contribution in [2.75, 3.05) is 28.8 Å². The van der Waals surface area contributed by atoms with Gasteiger partial charge in [0.25, 0.3) is 15.9 Å². The average Bonchev–Trinajstić information content (AvgIpc) is 2.85. The Kier molecular flexibility index (Phi) is 9.14. The molecule has 0 fully saturated rings. The van der Waals surface area contributed by atoms with Crippen molar-refractivity contribution in [2.24, 2.45) is 5.10 Å². The summed E-state index contributed by atoms with van der Waals surface area (Å²) in [6, 6.07) is 19.9. The van der Waals surface area contributed by atoms with Crippen LogP contribution in [0, 0.1) is 0 Å². The zero-order valence-electron chi connectivity index (χ0n) is 19.4. The van der Waals surface area contributed by atoms with Gasteiger partial charge in [-0.2, -0.15) is 5.10 Å². The van der Waals surface area contributed by atoms with E-state index in [2.05, 4.69) is 29.3 Å². The molecule has 0 saturated carbocycles. The van der Waals surface area contributed by atoms with E-state index in [1.807, 2.05) is 24.3 Å². The lowest BCUT2D eigenvalue weighted by molar-refractivity contribution is -0.119. The Morgan fingerprint density at radius 1 is 0.971 bits per heavy atom. The molecule has 3 aromatic carbocycles. The summed E-state index contributed by atoms with van der Waals surface area (Å²) in [6.45, 7) is 5.46. The molecule has 184 valence electrons. The number of hydrazone groups is 1. The summed E-state index contributed by atoms with van der Waals surface area (Å²) in [5, 5.41) is 4.42. The number of sulfonamides is 1. The fraction of sp³-hybridized carbons (Fsp3) is 0.200. The maximum Gasteiger partial charge on any atom is 0.264 e. The predicted molar refractivity (Wildman–Crippen MR) is 143 cm³/mol. The van der Waals surface area contributed by atoms with Crippen molar-refractivity contribution >= 4 is 56.7 Å². The molecule has 0 aliphatic carbocycles. The van der Waals surface area contributed by atoms with Gasteiger partial charge in [0, 0.05) is 23.8 Å². The molecule has 35 heavy (non-hydrogen) atoms. The molecule has 0 aliphatic heterocycles. The average molecular weight is 533 g/mol. The first kappa shape index (κ1) is 26.5. The van der Waals surface area contributed by atoms with Crippen LogP contribution in [0.1, 0.15) is 19.4 Å². The van der Waals surface area contributed by atoms with Crippen LogP contribution in [-0.4, -0.2) is 40.2 Å². The van der Waals surface area contributed by atoms with Crippen molar-refractivity contribution in [1.82, 2.24) is 5.43 Å². The van der Waals surface area contributed by atoms with Gasteiger partial charge in [-0.3, -0.25) is 9.10 Å². The van der Waals surface area contributed by atoms with Crippen LogP contribution in [0.5, 0.6) is 0 Å². The van der Waals surface area contributed by atoms with Crippen LogP contribution in [0.2, 0.25) is 10.0 Å². The first-order valence-corrected chi connectivity index (χ1v) is 13.2. The van der Waals surface area contributed by atoms with Crippen LogP contribution in [0.15, 0.2) is 82.8 Å².